The third-order valence-corrected chi connectivity index (χ3v) is 1.72. The van der Waals surface area contributed by atoms with Crippen molar-refractivity contribution in [2.75, 3.05) is 0 Å². The molecular weight excluding hydrogens is 141 g/mol. The molecule has 0 aliphatic heterocycles. The summed E-state index contributed by atoms with van der Waals surface area (Å²) >= 11 is 0. The van der Waals surface area contributed by atoms with Gasteiger partial charge in [0.2, 0.25) is 0 Å². The van der Waals surface area contributed by atoms with Gasteiger partial charge in [-0.3, -0.25) is 0 Å². The van der Waals surface area contributed by atoms with Gasteiger partial charge in [-0.15, -0.1) is 0 Å². The maximum Gasteiger partial charge on any atom is 0.127 e. The van der Waals surface area contributed by atoms with Gasteiger partial charge in [0, 0.05) is 6.54 Å². The molecule has 0 unspecified atom stereocenters. The highest BCUT2D eigenvalue weighted by Gasteiger charge is 2.03. The molecule has 1 aromatic carbocycles. The van der Waals surface area contributed by atoms with E-state index in [9.17, 15) is 4.39 Å². The zero-order chi connectivity index (χ0) is 8.27. The molecule has 59 valence electrons. The standard InChI is InChI=1S/C9H11FN/c1-2-8-7(6-11)4-3-5-9(8)10/h4-5H,2,6,11H2,1H3. The predicted octanol–water partition coefficient (Wildman–Crippen LogP) is 1.65. The van der Waals surface area contributed by atoms with Crippen LogP contribution in [0.1, 0.15) is 18.1 Å². The highest BCUT2D eigenvalue weighted by atomic mass is 19.1. The van der Waals surface area contributed by atoms with Crippen molar-refractivity contribution in [2.24, 2.45) is 5.73 Å². The van der Waals surface area contributed by atoms with E-state index in [2.05, 4.69) is 6.07 Å². The fourth-order valence-corrected chi connectivity index (χ4v) is 1.12. The van der Waals surface area contributed by atoms with E-state index in [0.29, 0.717) is 18.5 Å². The Kier molecular flexibility index (Phi) is 2.60. The molecule has 0 saturated carbocycles. The SMILES string of the molecule is CCc1c(F)c[c]cc1CN. The van der Waals surface area contributed by atoms with Crippen LogP contribution < -0.4 is 5.73 Å². The highest BCUT2D eigenvalue weighted by Crippen LogP contribution is 2.12. The minimum absolute atomic E-state index is 0.199. The zero-order valence-corrected chi connectivity index (χ0v) is 6.52. The molecule has 0 spiro atoms. The number of benzene rings is 1. The minimum Gasteiger partial charge on any atom is -0.326 e. The second-order valence-electron chi connectivity index (χ2n) is 2.36. The average molecular weight is 152 g/mol. The monoisotopic (exact) mass is 152 g/mol. The van der Waals surface area contributed by atoms with Crippen LogP contribution in [0.15, 0.2) is 12.1 Å². The summed E-state index contributed by atoms with van der Waals surface area (Å²) in [6.07, 6.45) is 0.688. The van der Waals surface area contributed by atoms with Crippen molar-refractivity contribution in [3.8, 4) is 0 Å². The van der Waals surface area contributed by atoms with E-state index in [1.807, 2.05) is 6.92 Å². The predicted molar refractivity (Wildman–Crippen MR) is 42.5 cm³/mol. The summed E-state index contributed by atoms with van der Waals surface area (Å²) in [5, 5.41) is 0. The van der Waals surface area contributed by atoms with Gasteiger partial charge in [0.1, 0.15) is 5.82 Å². The summed E-state index contributed by atoms with van der Waals surface area (Å²) in [7, 11) is 0. The fraction of sp³-hybridized carbons (Fsp3) is 0.333. The quantitative estimate of drug-likeness (QED) is 0.685. The van der Waals surface area contributed by atoms with Crippen molar-refractivity contribution in [3.05, 3.63) is 35.1 Å². The molecule has 0 fully saturated rings. The zero-order valence-electron chi connectivity index (χ0n) is 6.52. The van der Waals surface area contributed by atoms with Crippen molar-refractivity contribution in [1.29, 1.82) is 0 Å². The summed E-state index contributed by atoms with van der Waals surface area (Å²) < 4.78 is 13.0. The Balaban J connectivity index is 3.13. The van der Waals surface area contributed by atoms with Crippen LogP contribution in [0, 0.1) is 11.9 Å². The molecule has 1 nitrogen and oxygen atoms in total. The molecule has 0 amide bonds. The van der Waals surface area contributed by atoms with Gasteiger partial charge < -0.3 is 5.73 Å². The van der Waals surface area contributed by atoms with E-state index in [0.717, 1.165) is 5.56 Å². The third-order valence-electron chi connectivity index (χ3n) is 1.72. The highest BCUT2D eigenvalue weighted by molar-refractivity contribution is 5.27. The van der Waals surface area contributed by atoms with Gasteiger partial charge in [-0.2, -0.15) is 0 Å². The van der Waals surface area contributed by atoms with Crippen LogP contribution in [0.4, 0.5) is 4.39 Å². The Morgan fingerprint density at radius 1 is 1.55 bits per heavy atom. The maximum absolute atomic E-state index is 13.0. The van der Waals surface area contributed by atoms with Crippen molar-refractivity contribution in [1.82, 2.24) is 0 Å². The number of hydrogen-bond donors (Lipinski definition) is 1. The van der Waals surface area contributed by atoms with Crippen molar-refractivity contribution < 1.29 is 4.39 Å². The fourth-order valence-electron chi connectivity index (χ4n) is 1.12. The van der Waals surface area contributed by atoms with Gasteiger partial charge >= 0.3 is 0 Å². The minimum atomic E-state index is -0.199. The van der Waals surface area contributed by atoms with E-state index in [1.54, 1.807) is 6.07 Å². The summed E-state index contributed by atoms with van der Waals surface area (Å²) in [6.45, 7) is 2.30. The third kappa shape index (κ3) is 1.57. The molecule has 0 atom stereocenters. The molecule has 1 rings (SSSR count). The first-order chi connectivity index (χ1) is 5.29. The molecular formula is C9H11FN. The van der Waals surface area contributed by atoms with Crippen LogP contribution in [0.2, 0.25) is 0 Å². The normalized spacial score (nSPS) is 10.1. The largest absolute Gasteiger partial charge is 0.326 e. The maximum atomic E-state index is 13.0. The Labute approximate surface area is 66.0 Å². The lowest BCUT2D eigenvalue weighted by atomic mass is 10.1. The molecule has 1 radical (unpaired) electrons. The Hall–Kier alpha value is -0.890. The van der Waals surface area contributed by atoms with E-state index >= 15 is 0 Å². The van der Waals surface area contributed by atoms with Gasteiger partial charge in [0.25, 0.3) is 0 Å². The first-order valence-corrected chi connectivity index (χ1v) is 3.67. The second kappa shape index (κ2) is 3.49. The number of halogens is 1. The summed E-state index contributed by atoms with van der Waals surface area (Å²) in [4.78, 5) is 0. The first kappa shape index (κ1) is 8.21. The van der Waals surface area contributed by atoms with Crippen molar-refractivity contribution >= 4 is 0 Å². The lowest BCUT2D eigenvalue weighted by Gasteiger charge is -2.04. The molecule has 0 aliphatic carbocycles. The van der Waals surface area contributed by atoms with Gasteiger partial charge in [0.05, 0.1) is 0 Å². The van der Waals surface area contributed by atoms with Crippen LogP contribution in [0.25, 0.3) is 0 Å². The first-order valence-electron chi connectivity index (χ1n) is 3.67. The van der Waals surface area contributed by atoms with Crippen LogP contribution >= 0.6 is 0 Å². The summed E-state index contributed by atoms with van der Waals surface area (Å²) in [5.41, 5.74) is 6.98. The van der Waals surface area contributed by atoms with Crippen LogP contribution in [0.3, 0.4) is 0 Å². The van der Waals surface area contributed by atoms with Gasteiger partial charge in [-0.05, 0) is 35.7 Å². The number of rotatable bonds is 2. The lowest BCUT2D eigenvalue weighted by Crippen LogP contribution is -2.02. The Morgan fingerprint density at radius 2 is 2.27 bits per heavy atom. The van der Waals surface area contributed by atoms with Crippen LogP contribution in [-0.2, 0) is 13.0 Å². The average Bonchev–Trinajstić information content (AvgIpc) is 2.04. The van der Waals surface area contributed by atoms with E-state index in [1.165, 1.54) is 6.07 Å². The van der Waals surface area contributed by atoms with E-state index in [-0.39, 0.29) is 5.82 Å². The molecule has 0 heterocycles. The molecule has 2 N–H and O–H groups in total. The molecule has 11 heavy (non-hydrogen) atoms. The Morgan fingerprint density at radius 3 is 2.73 bits per heavy atom. The molecule has 0 aromatic heterocycles. The van der Waals surface area contributed by atoms with Gasteiger partial charge in [-0.25, -0.2) is 4.39 Å². The van der Waals surface area contributed by atoms with Crippen LogP contribution in [0.5, 0.6) is 0 Å². The van der Waals surface area contributed by atoms with Gasteiger partial charge in [0.15, 0.2) is 0 Å². The smallest absolute Gasteiger partial charge is 0.127 e. The number of hydrogen-bond acceptors (Lipinski definition) is 1. The molecule has 2 heteroatoms. The lowest BCUT2D eigenvalue weighted by molar-refractivity contribution is 0.608. The van der Waals surface area contributed by atoms with Crippen molar-refractivity contribution in [3.63, 3.8) is 0 Å². The molecule has 0 aliphatic rings. The number of nitrogens with two attached hydrogens (primary N) is 1. The van der Waals surface area contributed by atoms with Gasteiger partial charge in [-0.1, -0.05) is 6.92 Å². The molecule has 0 bridgehead atoms. The van der Waals surface area contributed by atoms with Crippen LogP contribution in [-0.4, -0.2) is 0 Å². The molecule has 0 saturated heterocycles. The molecule has 1 aromatic rings. The van der Waals surface area contributed by atoms with E-state index < -0.39 is 0 Å². The Bertz CT molecular complexity index is 245. The second-order valence-corrected chi connectivity index (χ2v) is 2.36. The van der Waals surface area contributed by atoms with E-state index in [4.69, 9.17) is 5.73 Å². The summed E-state index contributed by atoms with van der Waals surface area (Å²) in [5.74, 6) is -0.199. The topological polar surface area (TPSA) is 26.0 Å². The van der Waals surface area contributed by atoms with Crippen molar-refractivity contribution in [2.45, 2.75) is 19.9 Å². The summed E-state index contributed by atoms with van der Waals surface area (Å²) in [6, 6.07) is 5.78.